The van der Waals surface area contributed by atoms with Crippen molar-refractivity contribution in [2.24, 2.45) is 5.92 Å². The maximum Gasteiger partial charge on any atom is 0.306 e. The van der Waals surface area contributed by atoms with E-state index in [0.29, 0.717) is 24.3 Å². The van der Waals surface area contributed by atoms with E-state index in [0.717, 1.165) is 0 Å². The Hall–Kier alpha value is -1.89. The van der Waals surface area contributed by atoms with Gasteiger partial charge in [-0.05, 0) is 31.2 Å². The van der Waals surface area contributed by atoms with Gasteiger partial charge in [-0.25, -0.2) is 0 Å². The SMILES string of the molecule is CC(CCCNC(=O)C(C)NC(=O)c1cccs1)C(=O)O. The molecule has 1 aromatic rings. The number of carbonyl (C=O) groups excluding carboxylic acids is 2. The minimum Gasteiger partial charge on any atom is -0.481 e. The molecule has 0 aliphatic heterocycles. The molecule has 0 aromatic carbocycles. The largest absolute Gasteiger partial charge is 0.481 e. The van der Waals surface area contributed by atoms with Crippen LogP contribution in [0.2, 0.25) is 0 Å². The third kappa shape index (κ3) is 5.95. The van der Waals surface area contributed by atoms with Crippen molar-refractivity contribution in [3.63, 3.8) is 0 Å². The average Bonchev–Trinajstić information content (AvgIpc) is 2.96. The fourth-order valence-electron chi connectivity index (χ4n) is 1.64. The highest BCUT2D eigenvalue weighted by Gasteiger charge is 2.17. The summed E-state index contributed by atoms with van der Waals surface area (Å²) in [6.45, 7) is 3.64. The van der Waals surface area contributed by atoms with Gasteiger partial charge in [0, 0.05) is 6.54 Å². The zero-order valence-electron chi connectivity index (χ0n) is 12.1. The van der Waals surface area contributed by atoms with Crippen LogP contribution in [0.4, 0.5) is 0 Å². The summed E-state index contributed by atoms with van der Waals surface area (Å²) in [6, 6.07) is 2.84. The number of hydrogen-bond donors (Lipinski definition) is 3. The van der Waals surface area contributed by atoms with E-state index in [1.54, 1.807) is 31.4 Å². The van der Waals surface area contributed by atoms with Gasteiger partial charge in [0.2, 0.25) is 5.91 Å². The van der Waals surface area contributed by atoms with Gasteiger partial charge in [0.1, 0.15) is 6.04 Å². The Labute approximate surface area is 127 Å². The smallest absolute Gasteiger partial charge is 0.306 e. The third-order valence-electron chi connectivity index (χ3n) is 3.02. The summed E-state index contributed by atoms with van der Waals surface area (Å²) in [5.74, 6) is -1.80. The zero-order chi connectivity index (χ0) is 15.8. The van der Waals surface area contributed by atoms with Gasteiger partial charge in [-0.15, -0.1) is 11.3 Å². The molecule has 0 bridgehead atoms. The van der Waals surface area contributed by atoms with Crippen LogP contribution in [0.25, 0.3) is 0 Å². The van der Waals surface area contributed by atoms with Crippen molar-refractivity contribution in [3.8, 4) is 0 Å². The standard InChI is InChI=1S/C14H20N2O4S/c1-9(14(19)20)5-3-7-15-12(17)10(2)16-13(18)11-6-4-8-21-11/h4,6,8-10H,3,5,7H2,1-2H3,(H,15,17)(H,16,18)(H,19,20). The number of aliphatic carboxylic acids is 1. The topological polar surface area (TPSA) is 95.5 Å². The molecule has 116 valence electrons. The lowest BCUT2D eigenvalue weighted by Crippen LogP contribution is -2.44. The van der Waals surface area contributed by atoms with E-state index >= 15 is 0 Å². The second-order valence-electron chi connectivity index (χ2n) is 4.84. The number of nitrogens with one attached hydrogen (secondary N) is 2. The molecule has 21 heavy (non-hydrogen) atoms. The van der Waals surface area contributed by atoms with E-state index in [9.17, 15) is 14.4 Å². The van der Waals surface area contributed by atoms with E-state index in [-0.39, 0.29) is 11.8 Å². The first-order chi connectivity index (χ1) is 9.91. The van der Waals surface area contributed by atoms with Crippen LogP contribution in [0.5, 0.6) is 0 Å². The van der Waals surface area contributed by atoms with Crippen LogP contribution < -0.4 is 10.6 Å². The molecule has 1 rings (SSSR count). The van der Waals surface area contributed by atoms with Crippen LogP contribution in [0.3, 0.4) is 0 Å². The molecule has 0 spiro atoms. The van der Waals surface area contributed by atoms with Crippen LogP contribution >= 0.6 is 11.3 Å². The van der Waals surface area contributed by atoms with Crippen molar-refractivity contribution in [3.05, 3.63) is 22.4 Å². The van der Waals surface area contributed by atoms with Gasteiger partial charge in [-0.3, -0.25) is 14.4 Å². The van der Waals surface area contributed by atoms with Gasteiger partial charge < -0.3 is 15.7 Å². The van der Waals surface area contributed by atoms with Crippen molar-refractivity contribution in [1.82, 2.24) is 10.6 Å². The molecule has 2 amide bonds. The van der Waals surface area contributed by atoms with Crippen molar-refractivity contribution in [2.45, 2.75) is 32.7 Å². The van der Waals surface area contributed by atoms with Gasteiger partial charge >= 0.3 is 5.97 Å². The summed E-state index contributed by atoms with van der Waals surface area (Å²) >= 11 is 1.31. The fourth-order valence-corrected chi connectivity index (χ4v) is 2.26. The molecular weight excluding hydrogens is 292 g/mol. The number of carboxylic acids is 1. The number of carbonyl (C=O) groups is 3. The van der Waals surface area contributed by atoms with Crippen LogP contribution in [0.1, 0.15) is 36.4 Å². The Balaban J connectivity index is 2.25. The number of thiophene rings is 1. The molecule has 6 nitrogen and oxygen atoms in total. The van der Waals surface area contributed by atoms with Crippen LogP contribution in [0.15, 0.2) is 17.5 Å². The molecule has 0 fully saturated rings. The van der Waals surface area contributed by atoms with Crippen LogP contribution in [0, 0.1) is 5.92 Å². The summed E-state index contributed by atoms with van der Waals surface area (Å²) in [4.78, 5) is 34.8. The second-order valence-corrected chi connectivity index (χ2v) is 5.79. The molecule has 0 aliphatic rings. The Morgan fingerprint density at radius 3 is 2.62 bits per heavy atom. The molecule has 0 saturated carbocycles. The van der Waals surface area contributed by atoms with E-state index in [1.165, 1.54) is 11.3 Å². The van der Waals surface area contributed by atoms with E-state index < -0.39 is 17.9 Å². The number of carboxylic acid groups (broad SMARTS) is 1. The minimum absolute atomic E-state index is 0.271. The highest BCUT2D eigenvalue weighted by Crippen LogP contribution is 2.08. The lowest BCUT2D eigenvalue weighted by atomic mass is 10.1. The molecule has 1 heterocycles. The molecule has 1 aromatic heterocycles. The van der Waals surface area contributed by atoms with Crippen molar-refractivity contribution >= 4 is 29.1 Å². The Kier molecular flexibility index (Phi) is 6.87. The van der Waals surface area contributed by atoms with Crippen molar-refractivity contribution in [1.29, 1.82) is 0 Å². The molecule has 0 aliphatic carbocycles. The molecule has 2 atom stereocenters. The molecule has 0 radical (unpaired) electrons. The van der Waals surface area contributed by atoms with E-state index in [1.807, 2.05) is 0 Å². The van der Waals surface area contributed by atoms with Crippen molar-refractivity contribution < 1.29 is 19.5 Å². The summed E-state index contributed by atoms with van der Waals surface area (Å²) in [6.07, 6.45) is 1.09. The van der Waals surface area contributed by atoms with Crippen LogP contribution in [-0.4, -0.2) is 35.5 Å². The molecule has 2 unspecified atom stereocenters. The van der Waals surface area contributed by atoms with E-state index in [4.69, 9.17) is 5.11 Å². The van der Waals surface area contributed by atoms with E-state index in [2.05, 4.69) is 10.6 Å². The Morgan fingerprint density at radius 1 is 1.33 bits per heavy atom. The predicted molar refractivity (Wildman–Crippen MR) is 80.3 cm³/mol. The predicted octanol–water partition coefficient (Wildman–Crippen LogP) is 1.48. The number of hydrogen-bond acceptors (Lipinski definition) is 4. The van der Waals surface area contributed by atoms with Gasteiger partial charge in [0.05, 0.1) is 10.8 Å². The summed E-state index contributed by atoms with van der Waals surface area (Å²) in [7, 11) is 0. The summed E-state index contributed by atoms with van der Waals surface area (Å²) < 4.78 is 0. The average molecular weight is 312 g/mol. The molecule has 3 N–H and O–H groups in total. The second kappa shape index (κ2) is 8.41. The minimum atomic E-state index is -0.835. The van der Waals surface area contributed by atoms with Crippen molar-refractivity contribution in [2.75, 3.05) is 6.54 Å². The highest BCUT2D eigenvalue weighted by molar-refractivity contribution is 7.12. The Bertz CT molecular complexity index is 487. The summed E-state index contributed by atoms with van der Waals surface area (Å²) in [5.41, 5.74) is 0. The first kappa shape index (κ1) is 17.2. The number of amides is 2. The van der Waals surface area contributed by atoms with Gasteiger partial charge in [-0.2, -0.15) is 0 Å². The third-order valence-corrected chi connectivity index (χ3v) is 3.89. The molecule has 0 saturated heterocycles. The van der Waals surface area contributed by atoms with Gasteiger partial charge in [-0.1, -0.05) is 13.0 Å². The quantitative estimate of drug-likeness (QED) is 0.634. The molecule has 7 heteroatoms. The van der Waals surface area contributed by atoms with Gasteiger partial charge in [0.25, 0.3) is 5.91 Å². The summed E-state index contributed by atoms with van der Waals surface area (Å²) in [5, 5.41) is 15.8. The number of rotatable bonds is 8. The highest BCUT2D eigenvalue weighted by atomic mass is 32.1. The lowest BCUT2D eigenvalue weighted by Gasteiger charge is -2.14. The Morgan fingerprint density at radius 2 is 2.05 bits per heavy atom. The maximum atomic E-state index is 11.8. The van der Waals surface area contributed by atoms with Gasteiger partial charge in [0.15, 0.2) is 0 Å². The normalized spacial score (nSPS) is 13.2. The maximum absolute atomic E-state index is 11.8. The van der Waals surface area contributed by atoms with Crippen LogP contribution in [-0.2, 0) is 9.59 Å². The molecular formula is C14H20N2O4S. The monoisotopic (exact) mass is 312 g/mol. The first-order valence-electron chi connectivity index (χ1n) is 6.76. The zero-order valence-corrected chi connectivity index (χ0v) is 12.9. The first-order valence-corrected chi connectivity index (χ1v) is 7.64. The lowest BCUT2D eigenvalue weighted by molar-refractivity contribution is -0.141. The fraction of sp³-hybridized carbons (Fsp3) is 0.500.